The van der Waals surface area contributed by atoms with E-state index in [-0.39, 0.29) is 29.0 Å². The van der Waals surface area contributed by atoms with E-state index in [1.165, 1.54) is 6.07 Å². The van der Waals surface area contributed by atoms with Crippen LogP contribution in [0.25, 0.3) is 0 Å². The first-order valence-electron chi connectivity index (χ1n) is 8.81. The zero-order valence-electron chi connectivity index (χ0n) is 14.8. The van der Waals surface area contributed by atoms with Gasteiger partial charge in [-0.05, 0) is 13.0 Å². The fourth-order valence-corrected chi connectivity index (χ4v) is 3.40. The van der Waals surface area contributed by atoms with Crippen LogP contribution in [0, 0.1) is 0 Å². The lowest BCUT2D eigenvalue weighted by atomic mass is 9.92. The molecule has 4 nitrogen and oxygen atoms in total. The summed E-state index contributed by atoms with van der Waals surface area (Å²) in [5.74, 6) is -0.285. The number of hydrogen-bond donors (Lipinski definition) is 1. The van der Waals surface area contributed by atoms with E-state index in [0.717, 1.165) is 0 Å². The quantitative estimate of drug-likeness (QED) is 0.711. The largest absolute Gasteiger partial charge is 0.507 e. The maximum absolute atomic E-state index is 13.1. The molecule has 1 aliphatic rings. The Bertz CT molecular complexity index is 1020. The van der Waals surface area contributed by atoms with Crippen LogP contribution in [0.1, 0.15) is 44.3 Å². The third-order valence-electron chi connectivity index (χ3n) is 4.72. The van der Waals surface area contributed by atoms with Crippen LogP contribution in [0.3, 0.4) is 0 Å². The second kappa shape index (κ2) is 6.72. The maximum atomic E-state index is 13.1. The highest BCUT2D eigenvalue weighted by atomic mass is 16.5. The van der Waals surface area contributed by atoms with Crippen LogP contribution in [-0.2, 0) is 6.42 Å². The van der Waals surface area contributed by atoms with Gasteiger partial charge in [0.05, 0.1) is 11.1 Å². The van der Waals surface area contributed by atoms with Gasteiger partial charge in [0, 0.05) is 23.1 Å². The Balaban J connectivity index is 1.88. The molecule has 1 heterocycles. The summed E-state index contributed by atoms with van der Waals surface area (Å²) >= 11 is 0. The van der Waals surface area contributed by atoms with Crippen molar-refractivity contribution in [2.24, 2.45) is 0 Å². The van der Waals surface area contributed by atoms with Crippen LogP contribution in [0.2, 0.25) is 0 Å². The summed E-state index contributed by atoms with van der Waals surface area (Å²) in [6, 6.07) is 19.0. The predicted octanol–water partition coefficient (Wildman–Crippen LogP) is 4.18. The van der Waals surface area contributed by atoms with Crippen LogP contribution in [0.4, 0.5) is 0 Å². The number of rotatable bonds is 4. The van der Waals surface area contributed by atoms with Crippen LogP contribution in [-0.4, -0.2) is 22.8 Å². The molecule has 1 aliphatic heterocycles. The molecule has 0 aromatic heterocycles. The third-order valence-corrected chi connectivity index (χ3v) is 4.72. The van der Waals surface area contributed by atoms with E-state index in [9.17, 15) is 14.7 Å². The van der Waals surface area contributed by atoms with Gasteiger partial charge in [0.15, 0.2) is 11.6 Å². The average molecular weight is 358 g/mol. The summed E-state index contributed by atoms with van der Waals surface area (Å²) in [6.07, 6.45) is 0.280. The van der Waals surface area contributed by atoms with Crippen LogP contribution in [0.15, 0.2) is 66.7 Å². The van der Waals surface area contributed by atoms with Crippen molar-refractivity contribution in [2.45, 2.75) is 19.4 Å². The lowest BCUT2D eigenvalue weighted by Crippen LogP contribution is -2.09. The molecule has 1 N–H and O–H groups in total. The second-order valence-corrected chi connectivity index (χ2v) is 6.65. The summed E-state index contributed by atoms with van der Waals surface area (Å²) in [5, 5.41) is 10.7. The minimum Gasteiger partial charge on any atom is -0.507 e. The van der Waals surface area contributed by atoms with E-state index in [4.69, 9.17) is 4.74 Å². The molecule has 4 rings (SSSR count). The van der Waals surface area contributed by atoms with Crippen molar-refractivity contribution in [3.63, 3.8) is 0 Å². The number of benzene rings is 3. The van der Waals surface area contributed by atoms with Gasteiger partial charge in [-0.1, -0.05) is 60.7 Å². The monoisotopic (exact) mass is 358 g/mol. The van der Waals surface area contributed by atoms with Crippen molar-refractivity contribution < 1.29 is 19.4 Å². The van der Waals surface area contributed by atoms with Gasteiger partial charge in [-0.2, -0.15) is 0 Å². The zero-order chi connectivity index (χ0) is 19.0. The number of hydrogen-bond acceptors (Lipinski definition) is 4. The van der Waals surface area contributed by atoms with Gasteiger partial charge >= 0.3 is 0 Å². The smallest absolute Gasteiger partial charge is 0.196 e. The van der Waals surface area contributed by atoms with Crippen molar-refractivity contribution >= 4 is 11.6 Å². The number of phenols is 1. The summed E-state index contributed by atoms with van der Waals surface area (Å²) in [5.41, 5.74) is 1.91. The van der Waals surface area contributed by atoms with E-state index in [2.05, 4.69) is 0 Å². The Morgan fingerprint density at radius 2 is 1.41 bits per heavy atom. The van der Waals surface area contributed by atoms with E-state index in [1.54, 1.807) is 48.5 Å². The molecule has 0 spiro atoms. The molecule has 3 aromatic carbocycles. The van der Waals surface area contributed by atoms with Gasteiger partial charge in [-0.3, -0.25) is 9.59 Å². The highest BCUT2D eigenvalue weighted by Gasteiger charge is 2.32. The molecule has 0 fully saturated rings. The molecule has 0 aliphatic carbocycles. The lowest BCUT2D eigenvalue weighted by molar-refractivity contribution is 0.103. The first kappa shape index (κ1) is 17.0. The van der Waals surface area contributed by atoms with Crippen LogP contribution in [0.5, 0.6) is 11.5 Å². The lowest BCUT2D eigenvalue weighted by Gasteiger charge is -2.13. The standard InChI is InChI=1S/C23H18O4/c1-14-12-18-22(26)17(20(24)15-8-4-2-5-9-15)13-19(23(18)27-14)21(25)16-10-6-3-7-11-16/h2-11,13-14,26H,12H2,1H3. The van der Waals surface area contributed by atoms with Crippen molar-refractivity contribution in [3.8, 4) is 11.5 Å². The highest BCUT2D eigenvalue weighted by molar-refractivity contribution is 6.16. The van der Waals surface area contributed by atoms with E-state index >= 15 is 0 Å². The molecule has 4 heteroatoms. The fourth-order valence-electron chi connectivity index (χ4n) is 3.40. The fraction of sp³-hybridized carbons (Fsp3) is 0.130. The SMILES string of the molecule is CC1Cc2c(O)c(C(=O)c3ccccc3)cc(C(=O)c3ccccc3)c2O1. The molecule has 1 unspecified atom stereocenters. The first-order valence-corrected chi connectivity index (χ1v) is 8.81. The molecule has 1 atom stereocenters. The Labute approximate surface area is 157 Å². The molecule has 0 radical (unpaired) electrons. The molecule has 27 heavy (non-hydrogen) atoms. The average Bonchev–Trinajstić information content (AvgIpc) is 3.11. The van der Waals surface area contributed by atoms with Gasteiger partial charge in [0.25, 0.3) is 0 Å². The van der Waals surface area contributed by atoms with Crippen LogP contribution < -0.4 is 4.74 Å². The Morgan fingerprint density at radius 1 is 0.889 bits per heavy atom. The third kappa shape index (κ3) is 2.99. The van der Waals surface area contributed by atoms with Gasteiger partial charge in [-0.15, -0.1) is 0 Å². The van der Waals surface area contributed by atoms with Crippen molar-refractivity contribution in [2.75, 3.05) is 0 Å². The Kier molecular flexibility index (Phi) is 4.24. The van der Waals surface area contributed by atoms with Crippen LogP contribution >= 0.6 is 0 Å². The number of aromatic hydroxyl groups is 1. The van der Waals surface area contributed by atoms with Gasteiger partial charge in [0.1, 0.15) is 17.6 Å². The molecular formula is C23H18O4. The molecule has 3 aromatic rings. The molecule has 0 bridgehead atoms. The summed E-state index contributed by atoms with van der Waals surface area (Å²) in [6.45, 7) is 1.87. The summed E-state index contributed by atoms with van der Waals surface area (Å²) in [7, 11) is 0. The molecule has 0 amide bonds. The number of ketones is 2. The van der Waals surface area contributed by atoms with Gasteiger partial charge in [0.2, 0.25) is 0 Å². The normalized spacial score (nSPS) is 15.1. The summed E-state index contributed by atoms with van der Waals surface area (Å²) in [4.78, 5) is 26.0. The van der Waals surface area contributed by atoms with E-state index in [0.29, 0.717) is 34.4 Å². The predicted molar refractivity (Wildman–Crippen MR) is 102 cm³/mol. The Hall–Kier alpha value is -3.40. The van der Waals surface area contributed by atoms with Gasteiger partial charge < -0.3 is 9.84 Å². The zero-order valence-corrected chi connectivity index (χ0v) is 14.8. The molecule has 134 valence electrons. The van der Waals surface area contributed by atoms with Crippen molar-refractivity contribution in [1.82, 2.24) is 0 Å². The number of carbonyl (C=O) groups is 2. The summed E-state index contributed by atoms with van der Waals surface area (Å²) < 4.78 is 5.81. The number of ether oxygens (including phenoxy) is 1. The number of carbonyl (C=O) groups excluding carboxylic acids is 2. The number of phenolic OH excluding ortho intramolecular Hbond substituents is 1. The minimum atomic E-state index is -0.322. The van der Waals surface area contributed by atoms with E-state index in [1.807, 2.05) is 19.1 Å². The minimum absolute atomic E-state index is 0.104. The van der Waals surface area contributed by atoms with E-state index < -0.39 is 0 Å². The van der Waals surface area contributed by atoms with Crippen molar-refractivity contribution in [3.05, 3.63) is 94.5 Å². The van der Waals surface area contributed by atoms with Gasteiger partial charge in [-0.25, -0.2) is 0 Å². The maximum Gasteiger partial charge on any atom is 0.196 e. The molecule has 0 saturated heterocycles. The highest BCUT2D eigenvalue weighted by Crippen LogP contribution is 2.42. The first-order chi connectivity index (χ1) is 13.1. The Morgan fingerprint density at radius 3 is 1.96 bits per heavy atom. The second-order valence-electron chi connectivity index (χ2n) is 6.65. The molecular weight excluding hydrogens is 340 g/mol. The van der Waals surface area contributed by atoms with Crippen molar-refractivity contribution in [1.29, 1.82) is 0 Å². The topological polar surface area (TPSA) is 63.6 Å². The molecule has 0 saturated carbocycles. The number of fused-ring (bicyclic) bond motifs is 1.